The van der Waals surface area contributed by atoms with Crippen LogP contribution in [0, 0.1) is 0 Å². The molecule has 19 heavy (non-hydrogen) atoms. The van der Waals surface area contributed by atoms with Gasteiger partial charge in [0.15, 0.2) is 0 Å². The van der Waals surface area contributed by atoms with E-state index in [1.54, 1.807) is 17.4 Å². The van der Waals surface area contributed by atoms with Crippen molar-refractivity contribution in [2.75, 3.05) is 6.61 Å². The van der Waals surface area contributed by atoms with Crippen molar-refractivity contribution in [3.63, 3.8) is 0 Å². The van der Waals surface area contributed by atoms with Crippen LogP contribution in [0.4, 0.5) is 0 Å². The maximum Gasteiger partial charge on any atom is 0.142 e. The zero-order valence-corrected chi connectivity index (χ0v) is 12.4. The second-order valence-electron chi connectivity index (χ2n) is 4.36. The quantitative estimate of drug-likeness (QED) is 0.927. The highest BCUT2D eigenvalue weighted by Gasteiger charge is 2.24. The van der Waals surface area contributed by atoms with Crippen molar-refractivity contribution in [3.05, 3.63) is 44.3 Å². The molecule has 0 amide bonds. The van der Waals surface area contributed by atoms with Crippen LogP contribution < -0.4 is 10.1 Å². The van der Waals surface area contributed by atoms with Crippen LogP contribution in [0.15, 0.2) is 23.0 Å². The molecule has 0 fully saturated rings. The Labute approximate surface area is 125 Å². The molecule has 1 N–H and O–H groups in total. The van der Waals surface area contributed by atoms with Crippen molar-refractivity contribution in [2.24, 2.45) is 0 Å². The normalized spacial score (nSPS) is 17.9. The van der Waals surface area contributed by atoms with Gasteiger partial charge in [-0.1, -0.05) is 23.2 Å². The predicted octanol–water partition coefficient (Wildman–Crippen LogP) is 4.06. The minimum absolute atomic E-state index is 0.196. The number of ether oxygens (including phenoxy) is 1. The Kier molecular flexibility index (Phi) is 3.93. The summed E-state index contributed by atoms with van der Waals surface area (Å²) in [5.41, 5.74) is 3.91. The van der Waals surface area contributed by atoms with Crippen LogP contribution in [0.3, 0.4) is 0 Å². The molecule has 3 nitrogen and oxygen atoms in total. The zero-order chi connectivity index (χ0) is 13.2. The molecule has 0 spiro atoms. The first kappa shape index (κ1) is 13.2. The lowest BCUT2D eigenvalue weighted by atomic mass is 10.0. The first-order valence-electron chi connectivity index (χ1n) is 5.96. The lowest BCUT2D eigenvalue weighted by molar-refractivity contribution is 0.252. The van der Waals surface area contributed by atoms with Crippen molar-refractivity contribution in [1.29, 1.82) is 0 Å². The number of aromatic nitrogens is 1. The third kappa shape index (κ3) is 2.87. The molecule has 1 aromatic heterocycles. The molecule has 0 radical (unpaired) electrons. The fraction of sp³-hybridized carbons (Fsp3) is 0.308. The molecule has 2 heterocycles. The van der Waals surface area contributed by atoms with Crippen LogP contribution in [-0.2, 0) is 6.54 Å². The first-order valence-corrected chi connectivity index (χ1v) is 7.66. The third-order valence-electron chi connectivity index (χ3n) is 3.08. The molecule has 0 bridgehead atoms. The van der Waals surface area contributed by atoms with Gasteiger partial charge < -0.3 is 10.1 Å². The largest absolute Gasteiger partial charge is 0.492 e. The molecule has 1 atom stereocenters. The van der Waals surface area contributed by atoms with E-state index in [2.05, 4.69) is 10.3 Å². The summed E-state index contributed by atoms with van der Waals surface area (Å²) in [6, 6.07) is 3.83. The van der Waals surface area contributed by atoms with E-state index in [0.29, 0.717) is 16.7 Å². The standard InChI is InChI=1S/C13H12Cl2N2OS/c14-8-3-10-12(16-5-9-6-19-7-17-9)1-2-18-13(10)11(15)4-8/h3-4,6-7,12,16H,1-2,5H2. The summed E-state index contributed by atoms with van der Waals surface area (Å²) < 4.78 is 5.63. The summed E-state index contributed by atoms with van der Waals surface area (Å²) in [6.07, 6.45) is 0.897. The maximum atomic E-state index is 6.16. The average Bonchev–Trinajstić information content (AvgIpc) is 2.89. The summed E-state index contributed by atoms with van der Waals surface area (Å²) in [7, 11) is 0. The number of thiazole rings is 1. The summed E-state index contributed by atoms with van der Waals surface area (Å²) in [5, 5.41) is 6.73. The van der Waals surface area contributed by atoms with Gasteiger partial charge in [0.2, 0.25) is 0 Å². The number of benzene rings is 1. The molecule has 1 aliphatic heterocycles. The van der Waals surface area contributed by atoms with Crippen LogP contribution in [0.25, 0.3) is 0 Å². The number of hydrogen-bond acceptors (Lipinski definition) is 4. The predicted molar refractivity (Wildman–Crippen MR) is 78.3 cm³/mol. The molecule has 2 aromatic rings. The zero-order valence-electron chi connectivity index (χ0n) is 10.0. The second kappa shape index (κ2) is 5.67. The van der Waals surface area contributed by atoms with Crippen molar-refractivity contribution in [3.8, 4) is 5.75 Å². The van der Waals surface area contributed by atoms with Crippen LogP contribution in [0.1, 0.15) is 23.7 Å². The van der Waals surface area contributed by atoms with E-state index in [4.69, 9.17) is 27.9 Å². The number of rotatable bonds is 3. The average molecular weight is 315 g/mol. The summed E-state index contributed by atoms with van der Waals surface area (Å²) >= 11 is 13.8. The maximum absolute atomic E-state index is 6.16. The summed E-state index contributed by atoms with van der Waals surface area (Å²) in [5.74, 6) is 0.744. The lowest BCUT2D eigenvalue weighted by Gasteiger charge is -2.27. The number of hydrogen-bond donors (Lipinski definition) is 1. The van der Waals surface area contributed by atoms with E-state index >= 15 is 0 Å². The third-order valence-corrected chi connectivity index (χ3v) is 4.21. The van der Waals surface area contributed by atoms with Crippen LogP contribution in [0.2, 0.25) is 10.0 Å². The number of nitrogens with one attached hydrogen (secondary N) is 1. The minimum Gasteiger partial charge on any atom is -0.492 e. The Morgan fingerprint density at radius 3 is 3.11 bits per heavy atom. The van der Waals surface area contributed by atoms with Gasteiger partial charge in [0.05, 0.1) is 22.8 Å². The Hall–Kier alpha value is -0.810. The fourth-order valence-electron chi connectivity index (χ4n) is 2.19. The lowest BCUT2D eigenvalue weighted by Crippen LogP contribution is -2.27. The first-order chi connectivity index (χ1) is 9.24. The topological polar surface area (TPSA) is 34.2 Å². The van der Waals surface area contributed by atoms with Gasteiger partial charge in [0.1, 0.15) is 5.75 Å². The van der Waals surface area contributed by atoms with E-state index in [9.17, 15) is 0 Å². The van der Waals surface area contributed by atoms with Gasteiger partial charge in [-0.25, -0.2) is 4.98 Å². The SMILES string of the molecule is Clc1cc(Cl)c2c(c1)C(NCc1cscn1)CCO2. The van der Waals surface area contributed by atoms with Crippen molar-refractivity contribution < 1.29 is 4.74 Å². The van der Waals surface area contributed by atoms with Crippen molar-refractivity contribution in [2.45, 2.75) is 19.0 Å². The van der Waals surface area contributed by atoms with E-state index in [1.165, 1.54) is 0 Å². The Morgan fingerprint density at radius 2 is 2.32 bits per heavy atom. The molecule has 1 aliphatic rings. The minimum atomic E-state index is 0.196. The van der Waals surface area contributed by atoms with Gasteiger partial charge in [-0.15, -0.1) is 11.3 Å². The Bertz CT molecular complexity index is 574. The smallest absolute Gasteiger partial charge is 0.142 e. The second-order valence-corrected chi connectivity index (χ2v) is 5.92. The highest BCUT2D eigenvalue weighted by atomic mass is 35.5. The van der Waals surface area contributed by atoms with Crippen molar-refractivity contribution >= 4 is 34.5 Å². The van der Waals surface area contributed by atoms with Crippen molar-refractivity contribution in [1.82, 2.24) is 10.3 Å². The highest BCUT2D eigenvalue weighted by molar-refractivity contribution is 7.07. The highest BCUT2D eigenvalue weighted by Crippen LogP contribution is 2.39. The molecule has 0 aliphatic carbocycles. The molecule has 0 saturated heterocycles. The van der Waals surface area contributed by atoms with Gasteiger partial charge in [-0.3, -0.25) is 0 Å². The molecule has 3 rings (SSSR count). The number of fused-ring (bicyclic) bond motifs is 1. The molecular formula is C13H12Cl2N2OS. The van der Waals surface area contributed by atoms with E-state index in [0.717, 1.165) is 30.0 Å². The molecule has 0 saturated carbocycles. The fourth-order valence-corrected chi connectivity index (χ4v) is 3.31. The van der Waals surface area contributed by atoms with Gasteiger partial charge in [0.25, 0.3) is 0 Å². The summed E-state index contributed by atoms with van der Waals surface area (Å²) in [4.78, 5) is 4.26. The number of halogens is 2. The van der Waals surface area contributed by atoms with Crippen LogP contribution >= 0.6 is 34.5 Å². The molecule has 1 aromatic carbocycles. The molecular weight excluding hydrogens is 303 g/mol. The summed E-state index contributed by atoms with van der Waals surface area (Å²) in [6.45, 7) is 1.39. The molecule has 1 unspecified atom stereocenters. The Morgan fingerprint density at radius 1 is 1.42 bits per heavy atom. The van der Waals surface area contributed by atoms with Gasteiger partial charge in [-0.05, 0) is 12.1 Å². The Balaban J connectivity index is 1.81. The van der Waals surface area contributed by atoms with Gasteiger partial charge in [0, 0.05) is 35.0 Å². The van der Waals surface area contributed by atoms with Gasteiger partial charge >= 0.3 is 0 Å². The van der Waals surface area contributed by atoms with E-state index < -0.39 is 0 Å². The van der Waals surface area contributed by atoms with E-state index in [1.807, 2.05) is 17.0 Å². The molecule has 100 valence electrons. The van der Waals surface area contributed by atoms with Crippen LogP contribution in [-0.4, -0.2) is 11.6 Å². The molecule has 6 heteroatoms. The monoisotopic (exact) mass is 314 g/mol. The number of nitrogens with zero attached hydrogens (tertiary/aromatic N) is 1. The van der Waals surface area contributed by atoms with Crippen LogP contribution in [0.5, 0.6) is 5.75 Å². The van der Waals surface area contributed by atoms with E-state index in [-0.39, 0.29) is 6.04 Å². The van der Waals surface area contributed by atoms with Gasteiger partial charge in [-0.2, -0.15) is 0 Å².